The lowest BCUT2D eigenvalue weighted by molar-refractivity contribution is -0.249. The summed E-state index contributed by atoms with van der Waals surface area (Å²) in [5, 5.41) is 59.9. The van der Waals surface area contributed by atoms with Crippen molar-refractivity contribution >= 4 is 29.1 Å². The van der Waals surface area contributed by atoms with E-state index >= 15 is 0 Å². The summed E-state index contributed by atoms with van der Waals surface area (Å²) < 4.78 is 79.1. The number of aromatic hydroxyl groups is 2. The van der Waals surface area contributed by atoms with Crippen molar-refractivity contribution in [3.63, 3.8) is 0 Å². The normalized spacial score (nSPS) is 24.0. The Bertz CT molecular complexity index is 2220. The molecule has 56 heavy (non-hydrogen) atoms. The first-order chi connectivity index (χ1) is 26.5. The van der Waals surface area contributed by atoms with Crippen LogP contribution in [0.2, 0.25) is 0 Å². The van der Waals surface area contributed by atoms with Crippen molar-refractivity contribution in [2.24, 2.45) is 5.11 Å². The van der Waals surface area contributed by atoms with Crippen LogP contribution in [0.4, 0.5) is 28.0 Å². The molecule has 21 heteroatoms. The molecule has 6 rings (SSSR count). The van der Waals surface area contributed by atoms with E-state index in [0.717, 1.165) is 0 Å². The summed E-state index contributed by atoms with van der Waals surface area (Å²) in [6, 6.07) is 2.76. The van der Waals surface area contributed by atoms with E-state index in [9.17, 15) is 62.3 Å². The summed E-state index contributed by atoms with van der Waals surface area (Å²) in [7, 11) is 1.24. The number of benzene rings is 3. The van der Waals surface area contributed by atoms with Gasteiger partial charge < -0.3 is 49.8 Å². The predicted octanol–water partition coefficient (Wildman–Crippen LogP) is 3.47. The summed E-state index contributed by atoms with van der Waals surface area (Å²) in [5.74, 6) is -12.8. The maximum Gasteiger partial charge on any atom is 0.407 e. The van der Waals surface area contributed by atoms with Gasteiger partial charge in [0.05, 0.1) is 47.6 Å². The SMILES string of the molecule is COc1cccc2c1C(=O)c1c(O)c3c(c(O)c1C2=O)C[C@@](O)(C(=O)CO)C[C@@H]3OC1C[C@H](NC(=O)OCc2c(F)c(F)c(N=[N+]=[N-])c(F)c2F)[C@H](O)[C@H](C)O1. The molecule has 1 heterocycles. The van der Waals surface area contributed by atoms with Crippen LogP contribution in [-0.4, -0.2) is 92.8 Å². The highest BCUT2D eigenvalue weighted by Crippen LogP contribution is 2.52. The van der Waals surface area contributed by atoms with Crippen molar-refractivity contribution in [1.82, 2.24) is 5.32 Å². The molecule has 0 bridgehead atoms. The van der Waals surface area contributed by atoms with Crippen LogP contribution in [0.15, 0.2) is 23.3 Å². The van der Waals surface area contributed by atoms with Gasteiger partial charge in [0.15, 0.2) is 41.1 Å². The Kier molecular flexibility index (Phi) is 10.7. The Morgan fingerprint density at radius 3 is 2.34 bits per heavy atom. The van der Waals surface area contributed by atoms with Gasteiger partial charge in [-0.05, 0) is 18.5 Å². The molecule has 3 aromatic carbocycles. The number of nitrogens with zero attached hydrogens (tertiary/aromatic N) is 3. The van der Waals surface area contributed by atoms with E-state index in [1.165, 1.54) is 32.2 Å². The molecule has 1 amide bonds. The Balaban J connectivity index is 1.30. The van der Waals surface area contributed by atoms with E-state index in [1.807, 2.05) is 0 Å². The quantitative estimate of drug-likeness (QED) is 0.0355. The second-order valence-electron chi connectivity index (χ2n) is 13.1. The average molecular weight is 791 g/mol. The number of amides is 1. The molecule has 3 aliphatic rings. The maximum absolute atomic E-state index is 14.5. The molecule has 0 saturated carbocycles. The number of alkyl carbamates (subject to hydrolysis) is 1. The van der Waals surface area contributed by atoms with E-state index in [1.54, 1.807) is 0 Å². The number of Topliss-reactive ketones (excluding diaryl/α,β-unsaturated/α-hetero) is 1. The third-order valence-electron chi connectivity index (χ3n) is 9.89. The van der Waals surface area contributed by atoms with Gasteiger partial charge in [-0.15, -0.1) is 0 Å². The molecule has 0 aromatic heterocycles. The zero-order valence-corrected chi connectivity index (χ0v) is 29.0. The van der Waals surface area contributed by atoms with E-state index in [2.05, 4.69) is 15.3 Å². The highest BCUT2D eigenvalue weighted by atomic mass is 19.2. The fourth-order valence-corrected chi connectivity index (χ4v) is 7.11. The average Bonchev–Trinajstić information content (AvgIpc) is 3.17. The predicted molar refractivity (Wildman–Crippen MR) is 176 cm³/mol. The smallest absolute Gasteiger partial charge is 0.407 e. The van der Waals surface area contributed by atoms with E-state index < -0.39 is 149 Å². The highest BCUT2D eigenvalue weighted by Gasteiger charge is 2.50. The second kappa shape index (κ2) is 15.0. The van der Waals surface area contributed by atoms with Gasteiger partial charge in [0.25, 0.3) is 0 Å². The minimum Gasteiger partial charge on any atom is -0.507 e. The summed E-state index contributed by atoms with van der Waals surface area (Å²) in [6.07, 6.45) is -9.27. The number of ketones is 3. The van der Waals surface area contributed by atoms with Crippen LogP contribution >= 0.6 is 0 Å². The van der Waals surface area contributed by atoms with Crippen LogP contribution in [0, 0.1) is 23.3 Å². The zero-order chi connectivity index (χ0) is 41.0. The number of hydrogen-bond acceptors (Lipinski definition) is 14. The van der Waals surface area contributed by atoms with Gasteiger partial charge >= 0.3 is 6.09 Å². The van der Waals surface area contributed by atoms with Crippen molar-refractivity contribution < 1.29 is 81.2 Å². The number of hydrogen-bond donors (Lipinski definition) is 6. The van der Waals surface area contributed by atoms with E-state index in [4.69, 9.17) is 24.5 Å². The second-order valence-corrected chi connectivity index (χ2v) is 13.1. The number of phenolic OH excluding ortho intramolecular Hbond substituents is 2. The number of rotatable bonds is 9. The molecule has 0 spiro atoms. The molecular weight excluding hydrogens is 760 g/mol. The van der Waals surface area contributed by atoms with Crippen LogP contribution in [0.25, 0.3) is 10.4 Å². The highest BCUT2D eigenvalue weighted by molar-refractivity contribution is 6.31. The molecule has 2 aliphatic carbocycles. The molecule has 17 nitrogen and oxygen atoms in total. The van der Waals surface area contributed by atoms with E-state index in [0.29, 0.717) is 0 Å². The van der Waals surface area contributed by atoms with Crippen molar-refractivity contribution in [3.05, 3.63) is 90.9 Å². The molecule has 3 aromatic rings. The standard InChI is InChI=1S/C35H30F4N4O13/c1-11-29(46)15(41-34(51)54-10-14-24(36)26(38)28(42-43-40)27(39)25(14)37)6-19(55-11)56-17-8-35(52,18(45)9-44)7-13-21(17)33(50)23-22(31(13)48)30(47)12-4-3-5-16(53-2)20(12)32(23)49/h3-5,11,15,17,19,29,44,46,48,50,52H,6-10H2,1-2H3,(H,41,51)/t11-,15-,17-,19?,29+,35-/m0/s1. The van der Waals surface area contributed by atoms with Crippen LogP contribution < -0.4 is 10.1 Å². The lowest BCUT2D eigenvalue weighted by Crippen LogP contribution is -2.56. The van der Waals surface area contributed by atoms with Crippen LogP contribution in [0.5, 0.6) is 17.2 Å². The van der Waals surface area contributed by atoms with Crippen molar-refractivity contribution in [2.45, 2.75) is 69.0 Å². The number of nitrogens with one attached hydrogen (secondary N) is 1. The summed E-state index contributed by atoms with van der Waals surface area (Å²) in [5.41, 5.74) is 0.620. The third-order valence-corrected chi connectivity index (χ3v) is 9.89. The number of aliphatic hydroxyl groups is 3. The lowest BCUT2D eigenvalue weighted by atomic mass is 9.72. The van der Waals surface area contributed by atoms with E-state index in [-0.39, 0.29) is 28.0 Å². The molecule has 0 radical (unpaired) electrons. The number of halogens is 4. The Morgan fingerprint density at radius 2 is 1.71 bits per heavy atom. The number of ether oxygens (including phenoxy) is 4. The minimum absolute atomic E-state index is 0.0168. The summed E-state index contributed by atoms with van der Waals surface area (Å²) in [4.78, 5) is 55.2. The molecule has 1 saturated heterocycles. The number of fused-ring (bicyclic) bond motifs is 3. The fraction of sp³-hybridized carbons (Fsp3) is 0.371. The van der Waals surface area contributed by atoms with Gasteiger partial charge in [-0.25, -0.2) is 22.4 Å². The van der Waals surface area contributed by atoms with Gasteiger partial charge in [-0.3, -0.25) is 14.4 Å². The maximum atomic E-state index is 14.5. The Labute approximate surface area is 311 Å². The lowest BCUT2D eigenvalue weighted by Gasteiger charge is -2.42. The molecule has 296 valence electrons. The Morgan fingerprint density at radius 1 is 1.05 bits per heavy atom. The topological polar surface area (TPSA) is 267 Å². The molecule has 6 N–H and O–H groups in total. The number of phenols is 2. The molecule has 1 aliphatic heterocycles. The fourth-order valence-electron chi connectivity index (χ4n) is 7.11. The largest absolute Gasteiger partial charge is 0.507 e. The van der Waals surface area contributed by atoms with Crippen molar-refractivity contribution in [2.75, 3.05) is 13.7 Å². The van der Waals surface area contributed by atoms with Gasteiger partial charge in [-0.1, -0.05) is 17.2 Å². The third kappa shape index (κ3) is 6.52. The van der Waals surface area contributed by atoms with Crippen molar-refractivity contribution in [3.8, 4) is 17.2 Å². The first-order valence-electron chi connectivity index (χ1n) is 16.5. The van der Waals surface area contributed by atoms with Gasteiger partial charge in [0, 0.05) is 40.9 Å². The molecule has 1 unspecified atom stereocenters. The van der Waals surface area contributed by atoms with Crippen LogP contribution in [-0.2, 0) is 32.0 Å². The van der Waals surface area contributed by atoms with Crippen LogP contribution in [0.3, 0.4) is 0 Å². The number of aliphatic hydroxyl groups excluding tert-OH is 2. The van der Waals surface area contributed by atoms with Gasteiger partial charge in [0.1, 0.15) is 47.9 Å². The number of carbonyl (C=O) groups is 4. The Hall–Kier alpha value is -5.83. The minimum atomic E-state index is -2.47. The number of methoxy groups -OCH3 is 1. The molecular formula is C35H30F4N4O13. The number of carbonyl (C=O) groups excluding carboxylic acids is 4. The number of azide groups is 1. The van der Waals surface area contributed by atoms with Crippen molar-refractivity contribution in [1.29, 1.82) is 0 Å². The first-order valence-corrected chi connectivity index (χ1v) is 16.5. The zero-order valence-electron chi connectivity index (χ0n) is 29.0. The van der Waals surface area contributed by atoms with Gasteiger partial charge in [-0.2, -0.15) is 0 Å². The monoisotopic (exact) mass is 790 g/mol. The van der Waals surface area contributed by atoms with Crippen LogP contribution in [0.1, 0.15) is 74.4 Å². The molecule has 6 atom stereocenters. The summed E-state index contributed by atoms with van der Waals surface area (Å²) >= 11 is 0. The molecule has 1 fully saturated rings. The summed E-state index contributed by atoms with van der Waals surface area (Å²) in [6.45, 7) is -1.22. The van der Waals surface area contributed by atoms with Gasteiger partial charge in [0.2, 0.25) is 5.78 Å². The first kappa shape index (κ1) is 39.9.